The minimum atomic E-state index is -0.453. The van der Waals surface area contributed by atoms with E-state index in [1.54, 1.807) is 12.1 Å². The number of hydrogen-bond donors (Lipinski definition) is 1. The van der Waals surface area contributed by atoms with Crippen LogP contribution >= 0.6 is 0 Å². The molecule has 1 aromatic rings. The van der Waals surface area contributed by atoms with E-state index in [2.05, 4.69) is 10.2 Å². The maximum Gasteiger partial charge on any atom is 0.305 e. The molecule has 0 bridgehead atoms. The number of carbonyl (C=O) groups is 1. The summed E-state index contributed by atoms with van der Waals surface area (Å²) in [6.07, 6.45) is 0. The van der Waals surface area contributed by atoms with Crippen LogP contribution in [-0.4, -0.2) is 54.5 Å². The number of rotatable bonds is 3. The Bertz CT molecular complexity index is 602. The zero-order chi connectivity index (χ0) is 17.2. The molecule has 1 aliphatic heterocycles. The summed E-state index contributed by atoms with van der Waals surface area (Å²) in [7, 11) is 2.03. The number of benzene rings is 1. The number of nitro groups is 1. The number of nitro benzene ring substituents is 1. The second-order valence-electron chi connectivity index (χ2n) is 6.92. The van der Waals surface area contributed by atoms with Gasteiger partial charge in [-0.1, -0.05) is 6.07 Å². The van der Waals surface area contributed by atoms with E-state index in [4.69, 9.17) is 0 Å². The second-order valence-corrected chi connectivity index (χ2v) is 6.92. The number of piperazine rings is 1. The van der Waals surface area contributed by atoms with Gasteiger partial charge in [0.15, 0.2) is 0 Å². The third-order valence-electron chi connectivity index (χ3n) is 3.77. The predicted molar refractivity (Wildman–Crippen MR) is 90.0 cm³/mol. The van der Waals surface area contributed by atoms with Gasteiger partial charge in [0.2, 0.25) is 0 Å². The van der Waals surface area contributed by atoms with Crippen molar-refractivity contribution in [2.45, 2.75) is 26.3 Å². The lowest BCUT2D eigenvalue weighted by Crippen LogP contribution is -2.45. The zero-order valence-corrected chi connectivity index (χ0v) is 14.1. The monoisotopic (exact) mass is 320 g/mol. The van der Waals surface area contributed by atoms with Crippen LogP contribution in [0.3, 0.4) is 0 Å². The lowest BCUT2D eigenvalue weighted by atomic mass is 10.1. The number of nitrogens with one attached hydrogen (secondary N) is 1. The van der Waals surface area contributed by atoms with Crippen molar-refractivity contribution in [3.05, 3.63) is 33.9 Å². The Kier molecular flexibility index (Phi) is 4.89. The minimum absolute atomic E-state index is 0.112. The van der Waals surface area contributed by atoms with Crippen LogP contribution in [0.1, 0.15) is 31.1 Å². The van der Waals surface area contributed by atoms with E-state index in [1.807, 2.05) is 32.7 Å². The third-order valence-corrected chi connectivity index (χ3v) is 3.77. The lowest BCUT2D eigenvalue weighted by molar-refractivity contribution is -0.384. The summed E-state index contributed by atoms with van der Waals surface area (Å²) in [5.74, 6) is -0.417. The number of likely N-dealkylation sites (N-methyl/N-ethyl adjacent to an activating group) is 1. The van der Waals surface area contributed by atoms with Crippen LogP contribution in [0.15, 0.2) is 18.2 Å². The standard InChI is InChI=1S/C16H24N4O3/c1-16(2,3)17-15(21)12-6-5-7-13(14(12)20(22)23)19-10-8-18(4)9-11-19/h5-7H,8-11H2,1-4H3,(H,17,21). The molecular formula is C16H24N4O3. The van der Waals surface area contributed by atoms with Crippen molar-refractivity contribution in [2.75, 3.05) is 38.1 Å². The first-order chi connectivity index (χ1) is 10.7. The first-order valence-electron chi connectivity index (χ1n) is 7.72. The topological polar surface area (TPSA) is 78.7 Å². The molecule has 1 fully saturated rings. The van der Waals surface area contributed by atoms with Gasteiger partial charge in [0.1, 0.15) is 11.3 Å². The van der Waals surface area contributed by atoms with Gasteiger partial charge in [-0.3, -0.25) is 14.9 Å². The lowest BCUT2D eigenvalue weighted by Gasteiger charge is -2.33. The van der Waals surface area contributed by atoms with Crippen LogP contribution < -0.4 is 10.2 Å². The maximum atomic E-state index is 12.4. The molecule has 0 radical (unpaired) electrons. The zero-order valence-electron chi connectivity index (χ0n) is 14.1. The predicted octanol–water partition coefficient (Wildman–Crippen LogP) is 1.87. The summed E-state index contributed by atoms with van der Waals surface area (Å²) >= 11 is 0. The SMILES string of the molecule is CN1CCN(c2cccc(C(=O)NC(C)(C)C)c2[N+](=O)[O-])CC1. The second kappa shape index (κ2) is 6.54. The highest BCUT2D eigenvalue weighted by molar-refractivity contribution is 6.00. The van der Waals surface area contributed by atoms with Crippen LogP contribution in [-0.2, 0) is 0 Å². The van der Waals surface area contributed by atoms with E-state index in [9.17, 15) is 14.9 Å². The van der Waals surface area contributed by atoms with Crippen molar-refractivity contribution in [3.63, 3.8) is 0 Å². The van der Waals surface area contributed by atoms with E-state index in [0.717, 1.165) is 13.1 Å². The Morgan fingerprint density at radius 1 is 1.22 bits per heavy atom. The highest BCUT2D eigenvalue weighted by Gasteiger charge is 2.29. The van der Waals surface area contributed by atoms with Crippen LogP contribution in [0.4, 0.5) is 11.4 Å². The van der Waals surface area contributed by atoms with E-state index >= 15 is 0 Å². The molecule has 1 aliphatic rings. The summed E-state index contributed by atoms with van der Waals surface area (Å²) < 4.78 is 0. The molecule has 1 aromatic carbocycles. The average molecular weight is 320 g/mol. The van der Waals surface area contributed by atoms with Crippen LogP contribution in [0.5, 0.6) is 0 Å². The smallest absolute Gasteiger partial charge is 0.305 e. The number of nitrogens with zero attached hydrogens (tertiary/aromatic N) is 3. The normalized spacial score (nSPS) is 16.3. The first kappa shape index (κ1) is 17.2. The molecule has 1 amide bonds. The van der Waals surface area contributed by atoms with Gasteiger partial charge in [-0.15, -0.1) is 0 Å². The quantitative estimate of drug-likeness (QED) is 0.679. The van der Waals surface area contributed by atoms with Crippen LogP contribution in [0.2, 0.25) is 0 Å². The average Bonchev–Trinajstić information content (AvgIpc) is 2.45. The molecule has 7 nitrogen and oxygen atoms in total. The third kappa shape index (κ3) is 4.19. The molecule has 0 unspecified atom stereocenters. The Morgan fingerprint density at radius 2 is 1.83 bits per heavy atom. The molecule has 0 aromatic heterocycles. The van der Waals surface area contributed by atoms with Gasteiger partial charge in [0, 0.05) is 31.7 Å². The largest absolute Gasteiger partial charge is 0.363 e. The Balaban J connectivity index is 2.39. The van der Waals surface area contributed by atoms with Crippen LogP contribution in [0.25, 0.3) is 0 Å². The van der Waals surface area contributed by atoms with E-state index in [1.165, 1.54) is 6.07 Å². The number of amides is 1. The van der Waals surface area contributed by atoms with E-state index < -0.39 is 16.4 Å². The van der Waals surface area contributed by atoms with Crippen LogP contribution in [0, 0.1) is 10.1 Å². The molecule has 7 heteroatoms. The molecule has 1 N–H and O–H groups in total. The Labute approximate surface area is 136 Å². The summed E-state index contributed by atoms with van der Waals surface area (Å²) in [6, 6.07) is 4.94. The summed E-state index contributed by atoms with van der Waals surface area (Å²) in [5.41, 5.74) is 0.0687. The van der Waals surface area contributed by atoms with E-state index in [0.29, 0.717) is 18.8 Å². The molecule has 0 saturated carbocycles. The molecule has 0 spiro atoms. The van der Waals surface area contributed by atoms with Crippen molar-refractivity contribution in [2.24, 2.45) is 0 Å². The summed E-state index contributed by atoms with van der Waals surface area (Å²) in [4.78, 5) is 27.7. The highest BCUT2D eigenvalue weighted by Crippen LogP contribution is 2.32. The van der Waals surface area contributed by atoms with Crippen molar-refractivity contribution >= 4 is 17.3 Å². The van der Waals surface area contributed by atoms with Gasteiger partial charge in [-0.05, 0) is 40.0 Å². The van der Waals surface area contributed by atoms with E-state index in [-0.39, 0.29) is 11.3 Å². The summed E-state index contributed by atoms with van der Waals surface area (Å²) in [5, 5.41) is 14.4. The number of anilines is 1. The van der Waals surface area contributed by atoms with Gasteiger partial charge in [0.05, 0.1) is 4.92 Å². The van der Waals surface area contributed by atoms with Crippen molar-refractivity contribution < 1.29 is 9.72 Å². The van der Waals surface area contributed by atoms with Gasteiger partial charge in [-0.2, -0.15) is 0 Å². The Hall–Kier alpha value is -2.15. The molecule has 23 heavy (non-hydrogen) atoms. The molecule has 1 saturated heterocycles. The fraction of sp³-hybridized carbons (Fsp3) is 0.562. The number of hydrogen-bond acceptors (Lipinski definition) is 5. The minimum Gasteiger partial charge on any atom is -0.363 e. The molecular weight excluding hydrogens is 296 g/mol. The van der Waals surface area contributed by atoms with Gasteiger partial charge in [0.25, 0.3) is 5.91 Å². The molecule has 0 aliphatic carbocycles. The fourth-order valence-electron chi connectivity index (χ4n) is 2.62. The Morgan fingerprint density at radius 3 is 2.35 bits per heavy atom. The van der Waals surface area contributed by atoms with Crippen molar-refractivity contribution in [1.82, 2.24) is 10.2 Å². The maximum absolute atomic E-state index is 12.4. The molecule has 126 valence electrons. The number of para-hydroxylation sites is 1. The molecule has 1 heterocycles. The highest BCUT2D eigenvalue weighted by atomic mass is 16.6. The fourth-order valence-corrected chi connectivity index (χ4v) is 2.62. The summed E-state index contributed by atoms with van der Waals surface area (Å²) in [6.45, 7) is 8.65. The first-order valence-corrected chi connectivity index (χ1v) is 7.72. The number of carbonyl (C=O) groups excluding carboxylic acids is 1. The van der Waals surface area contributed by atoms with Gasteiger partial charge < -0.3 is 15.1 Å². The van der Waals surface area contributed by atoms with Gasteiger partial charge in [-0.25, -0.2) is 0 Å². The molecule has 0 atom stereocenters. The van der Waals surface area contributed by atoms with Crippen molar-refractivity contribution in [1.29, 1.82) is 0 Å². The van der Waals surface area contributed by atoms with Gasteiger partial charge >= 0.3 is 5.69 Å². The van der Waals surface area contributed by atoms with Crippen molar-refractivity contribution in [3.8, 4) is 0 Å². The molecule has 2 rings (SSSR count).